The molecule has 1 aliphatic heterocycles. The van der Waals surface area contributed by atoms with Crippen LogP contribution in [0.3, 0.4) is 0 Å². The lowest BCUT2D eigenvalue weighted by Gasteiger charge is -2.18. The second kappa shape index (κ2) is 5.02. The summed E-state index contributed by atoms with van der Waals surface area (Å²) in [5, 5.41) is 13.4. The zero-order chi connectivity index (χ0) is 15.1. The van der Waals surface area contributed by atoms with Gasteiger partial charge in [0.1, 0.15) is 5.75 Å². The van der Waals surface area contributed by atoms with E-state index in [1.807, 2.05) is 30.3 Å². The number of fused-ring (bicyclic) bond motifs is 2. The molecule has 4 rings (SSSR count). The SMILES string of the molecule is O=C1Nc2ccccc2C1=Cc1ccc2c(c1O)CCCC2. The van der Waals surface area contributed by atoms with Gasteiger partial charge in [-0.15, -0.1) is 0 Å². The van der Waals surface area contributed by atoms with Crippen LogP contribution in [0.4, 0.5) is 5.69 Å². The molecule has 1 amide bonds. The molecule has 2 aromatic carbocycles. The van der Waals surface area contributed by atoms with E-state index in [0.29, 0.717) is 11.3 Å². The lowest BCUT2D eigenvalue weighted by atomic mass is 9.89. The highest BCUT2D eigenvalue weighted by Crippen LogP contribution is 2.37. The molecule has 2 aromatic rings. The number of aryl methyl sites for hydroxylation is 1. The van der Waals surface area contributed by atoms with E-state index in [0.717, 1.165) is 41.6 Å². The van der Waals surface area contributed by atoms with Crippen LogP contribution in [-0.4, -0.2) is 11.0 Å². The van der Waals surface area contributed by atoms with E-state index in [2.05, 4.69) is 11.4 Å². The molecule has 0 saturated heterocycles. The number of carbonyl (C=O) groups is 1. The number of hydrogen-bond donors (Lipinski definition) is 2. The van der Waals surface area contributed by atoms with E-state index >= 15 is 0 Å². The van der Waals surface area contributed by atoms with Gasteiger partial charge in [-0.3, -0.25) is 4.79 Å². The van der Waals surface area contributed by atoms with Crippen LogP contribution in [0.5, 0.6) is 5.75 Å². The molecule has 0 aromatic heterocycles. The Balaban J connectivity index is 1.82. The third kappa shape index (κ3) is 2.01. The van der Waals surface area contributed by atoms with Crippen molar-refractivity contribution in [1.29, 1.82) is 0 Å². The van der Waals surface area contributed by atoms with Gasteiger partial charge in [0.25, 0.3) is 5.91 Å². The quantitative estimate of drug-likeness (QED) is 0.786. The van der Waals surface area contributed by atoms with Gasteiger partial charge in [0.05, 0.1) is 0 Å². The minimum Gasteiger partial charge on any atom is -0.507 e. The van der Waals surface area contributed by atoms with E-state index in [1.165, 1.54) is 12.0 Å². The highest BCUT2D eigenvalue weighted by atomic mass is 16.3. The minimum absolute atomic E-state index is 0.113. The monoisotopic (exact) mass is 291 g/mol. The summed E-state index contributed by atoms with van der Waals surface area (Å²) in [4.78, 5) is 12.2. The number of hydrogen-bond acceptors (Lipinski definition) is 2. The van der Waals surface area contributed by atoms with E-state index in [9.17, 15) is 9.90 Å². The number of anilines is 1. The lowest BCUT2D eigenvalue weighted by Crippen LogP contribution is -2.05. The van der Waals surface area contributed by atoms with Crippen molar-refractivity contribution >= 4 is 23.2 Å². The molecule has 0 radical (unpaired) electrons. The van der Waals surface area contributed by atoms with Crippen LogP contribution < -0.4 is 5.32 Å². The van der Waals surface area contributed by atoms with Crippen LogP contribution >= 0.6 is 0 Å². The van der Waals surface area contributed by atoms with Crippen molar-refractivity contribution in [2.45, 2.75) is 25.7 Å². The number of aromatic hydroxyl groups is 1. The summed E-state index contributed by atoms with van der Waals surface area (Å²) in [6, 6.07) is 11.6. The van der Waals surface area contributed by atoms with Crippen LogP contribution in [0, 0.1) is 0 Å². The Morgan fingerprint density at radius 2 is 1.86 bits per heavy atom. The first-order valence-electron chi connectivity index (χ1n) is 7.70. The zero-order valence-electron chi connectivity index (χ0n) is 12.2. The number of nitrogens with one attached hydrogen (secondary N) is 1. The molecule has 110 valence electrons. The van der Waals surface area contributed by atoms with Gasteiger partial charge in [-0.05, 0) is 49.0 Å². The Kier molecular flexibility index (Phi) is 3.00. The van der Waals surface area contributed by atoms with Crippen molar-refractivity contribution in [3.05, 3.63) is 58.7 Å². The van der Waals surface area contributed by atoms with E-state index in [1.54, 1.807) is 6.08 Å². The van der Waals surface area contributed by atoms with Gasteiger partial charge >= 0.3 is 0 Å². The maximum absolute atomic E-state index is 12.2. The van der Waals surface area contributed by atoms with Crippen molar-refractivity contribution in [3.63, 3.8) is 0 Å². The Morgan fingerprint density at radius 1 is 1.05 bits per heavy atom. The number of phenols is 1. The third-order valence-electron chi connectivity index (χ3n) is 4.54. The highest BCUT2D eigenvalue weighted by Gasteiger charge is 2.24. The number of para-hydroxylation sites is 1. The fourth-order valence-corrected chi connectivity index (χ4v) is 3.38. The van der Waals surface area contributed by atoms with Crippen molar-refractivity contribution in [3.8, 4) is 5.75 Å². The molecule has 0 atom stereocenters. The topological polar surface area (TPSA) is 49.3 Å². The Labute approximate surface area is 129 Å². The third-order valence-corrected chi connectivity index (χ3v) is 4.54. The Bertz CT molecular complexity index is 805. The number of carbonyl (C=O) groups excluding carboxylic acids is 1. The fourth-order valence-electron chi connectivity index (χ4n) is 3.38. The summed E-state index contributed by atoms with van der Waals surface area (Å²) in [7, 11) is 0. The van der Waals surface area contributed by atoms with Gasteiger partial charge in [0, 0.05) is 22.4 Å². The molecule has 3 heteroatoms. The van der Waals surface area contributed by atoms with Gasteiger partial charge < -0.3 is 10.4 Å². The summed E-state index contributed by atoms with van der Waals surface area (Å²) in [5.74, 6) is 0.222. The molecule has 2 aliphatic rings. The molecule has 2 N–H and O–H groups in total. The first-order valence-corrected chi connectivity index (χ1v) is 7.70. The summed E-state index contributed by atoms with van der Waals surface area (Å²) in [6.07, 6.45) is 6.04. The molecule has 0 spiro atoms. The van der Waals surface area contributed by atoms with Crippen molar-refractivity contribution in [2.75, 3.05) is 5.32 Å². The molecular formula is C19H17NO2. The standard InChI is InChI=1S/C19H17NO2/c21-18-13(10-9-12-5-1-2-6-14(12)18)11-16-15-7-3-4-8-17(15)20-19(16)22/h3-4,7-11,21H,1-2,5-6H2,(H,20,22). The van der Waals surface area contributed by atoms with Crippen LogP contribution in [0.1, 0.15) is 35.1 Å². The molecule has 3 nitrogen and oxygen atoms in total. The van der Waals surface area contributed by atoms with Crippen molar-refractivity contribution in [1.82, 2.24) is 0 Å². The van der Waals surface area contributed by atoms with Gasteiger partial charge in [0.15, 0.2) is 0 Å². The normalized spacial score (nSPS) is 18.0. The molecule has 0 unspecified atom stereocenters. The Hall–Kier alpha value is -2.55. The minimum atomic E-state index is -0.113. The van der Waals surface area contributed by atoms with Crippen LogP contribution in [0.15, 0.2) is 36.4 Å². The lowest BCUT2D eigenvalue weighted by molar-refractivity contribution is -0.110. The largest absolute Gasteiger partial charge is 0.507 e. The second-order valence-corrected chi connectivity index (χ2v) is 5.91. The van der Waals surface area contributed by atoms with Crippen LogP contribution in [0.25, 0.3) is 11.6 Å². The molecule has 22 heavy (non-hydrogen) atoms. The van der Waals surface area contributed by atoms with Crippen LogP contribution in [0.2, 0.25) is 0 Å². The number of rotatable bonds is 1. The van der Waals surface area contributed by atoms with E-state index in [4.69, 9.17) is 0 Å². The average Bonchev–Trinajstić information content (AvgIpc) is 2.86. The molecule has 0 bridgehead atoms. The molecule has 0 fully saturated rings. The van der Waals surface area contributed by atoms with Crippen LogP contribution in [-0.2, 0) is 17.6 Å². The molecule has 1 heterocycles. The molecular weight excluding hydrogens is 274 g/mol. The maximum Gasteiger partial charge on any atom is 0.256 e. The predicted molar refractivity (Wildman–Crippen MR) is 87.7 cm³/mol. The summed E-state index contributed by atoms with van der Waals surface area (Å²) in [6.45, 7) is 0. The summed E-state index contributed by atoms with van der Waals surface area (Å²) < 4.78 is 0. The van der Waals surface area contributed by atoms with Gasteiger partial charge in [0.2, 0.25) is 0 Å². The second-order valence-electron chi connectivity index (χ2n) is 5.91. The summed E-state index contributed by atoms with van der Waals surface area (Å²) >= 11 is 0. The summed E-state index contributed by atoms with van der Waals surface area (Å²) in [5.41, 5.74) is 5.35. The first kappa shape index (κ1) is 13.1. The Morgan fingerprint density at radius 3 is 2.77 bits per heavy atom. The number of amides is 1. The zero-order valence-corrected chi connectivity index (χ0v) is 12.2. The fraction of sp³-hybridized carbons (Fsp3) is 0.211. The average molecular weight is 291 g/mol. The van der Waals surface area contributed by atoms with Crippen molar-refractivity contribution in [2.24, 2.45) is 0 Å². The molecule has 1 aliphatic carbocycles. The highest BCUT2D eigenvalue weighted by molar-refractivity contribution is 6.35. The number of benzene rings is 2. The van der Waals surface area contributed by atoms with Gasteiger partial charge in [-0.2, -0.15) is 0 Å². The van der Waals surface area contributed by atoms with Gasteiger partial charge in [-0.25, -0.2) is 0 Å². The smallest absolute Gasteiger partial charge is 0.256 e. The maximum atomic E-state index is 12.2. The molecule has 0 saturated carbocycles. The van der Waals surface area contributed by atoms with E-state index < -0.39 is 0 Å². The van der Waals surface area contributed by atoms with Gasteiger partial charge in [-0.1, -0.05) is 30.3 Å². The number of phenolic OH excluding ortho intramolecular Hbond substituents is 1. The van der Waals surface area contributed by atoms with E-state index in [-0.39, 0.29) is 5.91 Å². The first-order chi connectivity index (χ1) is 10.7. The predicted octanol–water partition coefficient (Wildman–Crippen LogP) is 3.76. The van der Waals surface area contributed by atoms with Crippen molar-refractivity contribution < 1.29 is 9.90 Å².